The van der Waals surface area contributed by atoms with Crippen molar-refractivity contribution in [2.75, 3.05) is 5.73 Å². The van der Waals surface area contributed by atoms with E-state index in [1.807, 2.05) is 30.3 Å². The molecule has 0 aliphatic rings. The molecular formula is C13H15N3O2S. The van der Waals surface area contributed by atoms with E-state index >= 15 is 0 Å². The van der Waals surface area contributed by atoms with Crippen LogP contribution in [0.1, 0.15) is 11.1 Å². The molecular weight excluding hydrogens is 262 g/mol. The summed E-state index contributed by atoms with van der Waals surface area (Å²) in [6.45, 7) is 1.96. The molecule has 1 aromatic heterocycles. The maximum absolute atomic E-state index is 12.1. The number of anilines is 1. The Morgan fingerprint density at radius 1 is 1.26 bits per heavy atom. The number of benzene rings is 1. The number of aromatic nitrogens is 1. The number of hydrogen-bond donors (Lipinski definition) is 2. The second kappa shape index (κ2) is 5.38. The Morgan fingerprint density at radius 3 is 2.58 bits per heavy atom. The molecule has 0 radical (unpaired) electrons. The highest BCUT2D eigenvalue weighted by Crippen LogP contribution is 2.14. The van der Waals surface area contributed by atoms with Crippen LogP contribution in [0.4, 0.5) is 5.82 Å². The van der Waals surface area contributed by atoms with Crippen LogP contribution in [0.5, 0.6) is 0 Å². The lowest BCUT2D eigenvalue weighted by Crippen LogP contribution is -2.23. The monoisotopic (exact) mass is 277 g/mol. The van der Waals surface area contributed by atoms with Crippen molar-refractivity contribution in [1.29, 1.82) is 0 Å². The molecule has 3 N–H and O–H groups in total. The van der Waals surface area contributed by atoms with Gasteiger partial charge in [0.25, 0.3) is 0 Å². The summed E-state index contributed by atoms with van der Waals surface area (Å²) >= 11 is 0. The molecule has 19 heavy (non-hydrogen) atoms. The maximum Gasteiger partial charge on any atom is 0.242 e. The van der Waals surface area contributed by atoms with Crippen molar-refractivity contribution in [3.63, 3.8) is 0 Å². The van der Waals surface area contributed by atoms with Gasteiger partial charge in [-0.2, -0.15) is 0 Å². The van der Waals surface area contributed by atoms with Crippen molar-refractivity contribution >= 4 is 15.8 Å². The highest BCUT2D eigenvalue weighted by Gasteiger charge is 2.15. The zero-order chi connectivity index (χ0) is 13.9. The van der Waals surface area contributed by atoms with Gasteiger partial charge in [0.1, 0.15) is 10.7 Å². The lowest BCUT2D eigenvalue weighted by Gasteiger charge is -2.08. The number of nitrogen functional groups attached to an aromatic ring is 1. The first-order valence-corrected chi connectivity index (χ1v) is 7.23. The molecule has 0 aliphatic carbocycles. The summed E-state index contributed by atoms with van der Waals surface area (Å²) < 4.78 is 26.7. The van der Waals surface area contributed by atoms with E-state index in [2.05, 4.69) is 9.71 Å². The van der Waals surface area contributed by atoms with Crippen LogP contribution in [-0.4, -0.2) is 13.4 Å². The van der Waals surface area contributed by atoms with Crippen LogP contribution in [0.2, 0.25) is 0 Å². The van der Waals surface area contributed by atoms with Gasteiger partial charge in [0, 0.05) is 12.7 Å². The van der Waals surface area contributed by atoms with Crippen LogP contribution < -0.4 is 10.5 Å². The summed E-state index contributed by atoms with van der Waals surface area (Å²) in [4.78, 5) is 3.98. The van der Waals surface area contributed by atoms with Gasteiger partial charge in [-0.15, -0.1) is 0 Å². The fourth-order valence-electron chi connectivity index (χ4n) is 1.56. The van der Waals surface area contributed by atoms with Gasteiger partial charge >= 0.3 is 0 Å². The highest BCUT2D eigenvalue weighted by atomic mass is 32.2. The van der Waals surface area contributed by atoms with Gasteiger partial charge in [-0.05, 0) is 24.1 Å². The predicted octanol–water partition coefficient (Wildman–Crippen LogP) is 1.45. The molecule has 2 rings (SSSR count). The number of pyridine rings is 1. The van der Waals surface area contributed by atoms with Gasteiger partial charge in [0.2, 0.25) is 10.0 Å². The number of nitrogens with two attached hydrogens (primary N) is 1. The second-order valence-electron chi connectivity index (χ2n) is 4.18. The minimum absolute atomic E-state index is 0.120. The van der Waals surface area contributed by atoms with E-state index in [1.165, 1.54) is 12.3 Å². The highest BCUT2D eigenvalue weighted by molar-refractivity contribution is 7.89. The van der Waals surface area contributed by atoms with E-state index in [4.69, 9.17) is 5.73 Å². The minimum atomic E-state index is -3.57. The van der Waals surface area contributed by atoms with E-state index in [0.29, 0.717) is 11.4 Å². The molecule has 0 atom stereocenters. The molecule has 1 heterocycles. The average Bonchev–Trinajstić information content (AvgIpc) is 2.41. The van der Waals surface area contributed by atoms with Crippen LogP contribution in [0, 0.1) is 6.92 Å². The summed E-state index contributed by atoms with van der Waals surface area (Å²) in [6.07, 6.45) is 1.26. The average molecular weight is 277 g/mol. The number of rotatable bonds is 4. The number of aryl methyl sites for hydroxylation is 1. The topological polar surface area (TPSA) is 85.1 Å². The standard InChI is InChI=1S/C13H15N3O2S/c1-10-7-12(9-15-13(10)14)19(17,18)16-8-11-5-3-2-4-6-11/h2-7,9,16H,8H2,1H3,(H2,14,15). The van der Waals surface area contributed by atoms with Crippen LogP contribution >= 0.6 is 0 Å². The normalized spacial score (nSPS) is 11.4. The Morgan fingerprint density at radius 2 is 1.95 bits per heavy atom. The summed E-state index contributed by atoms with van der Waals surface area (Å²) in [5.74, 6) is 0.335. The molecule has 0 unspecified atom stereocenters. The number of nitrogens with one attached hydrogen (secondary N) is 1. The van der Waals surface area contributed by atoms with E-state index in [1.54, 1.807) is 6.92 Å². The van der Waals surface area contributed by atoms with Crippen molar-refractivity contribution < 1.29 is 8.42 Å². The van der Waals surface area contributed by atoms with Crippen LogP contribution in [0.15, 0.2) is 47.5 Å². The van der Waals surface area contributed by atoms with Gasteiger partial charge in [-0.25, -0.2) is 18.1 Å². The zero-order valence-corrected chi connectivity index (χ0v) is 11.3. The van der Waals surface area contributed by atoms with Gasteiger partial charge in [-0.1, -0.05) is 30.3 Å². The van der Waals surface area contributed by atoms with Crippen molar-refractivity contribution in [2.24, 2.45) is 0 Å². The first-order valence-electron chi connectivity index (χ1n) is 5.75. The van der Waals surface area contributed by atoms with Crippen molar-refractivity contribution in [2.45, 2.75) is 18.4 Å². The molecule has 0 saturated carbocycles. The van der Waals surface area contributed by atoms with Gasteiger partial charge in [0.15, 0.2) is 0 Å². The van der Waals surface area contributed by atoms with E-state index in [0.717, 1.165) is 5.56 Å². The first-order chi connectivity index (χ1) is 8.99. The Labute approximate surface area is 112 Å². The van der Waals surface area contributed by atoms with E-state index in [-0.39, 0.29) is 11.4 Å². The number of hydrogen-bond acceptors (Lipinski definition) is 4. The van der Waals surface area contributed by atoms with Gasteiger partial charge < -0.3 is 5.73 Å². The lowest BCUT2D eigenvalue weighted by molar-refractivity contribution is 0.581. The summed E-state index contributed by atoms with van der Waals surface area (Å²) in [7, 11) is -3.57. The van der Waals surface area contributed by atoms with Crippen molar-refractivity contribution in [1.82, 2.24) is 9.71 Å². The number of nitrogens with zero attached hydrogens (tertiary/aromatic N) is 1. The smallest absolute Gasteiger partial charge is 0.242 e. The molecule has 0 aliphatic heterocycles. The number of sulfonamides is 1. The van der Waals surface area contributed by atoms with E-state index < -0.39 is 10.0 Å². The molecule has 2 aromatic rings. The molecule has 0 bridgehead atoms. The van der Waals surface area contributed by atoms with Crippen molar-refractivity contribution in [3.05, 3.63) is 53.7 Å². The predicted molar refractivity (Wildman–Crippen MR) is 73.9 cm³/mol. The molecule has 0 fully saturated rings. The molecule has 0 saturated heterocycles. The van der Waals surface area contributed by atoms with E-state index in [9.17, 15) is 8.42 Å². The van der Waals surface area contributed by atoms with Crippen LogP contribution in [0.3, 0.4) is 0 Å². The third kappa shape index (κ3) is 3.30. The summed E-state index contributed by atoms with van der Waals surface area (Å²) in [6, 6.07) is 10.8. The van der Waals surface area contributed by atoms with Gasteiger partial charge in [0.05, 0.1) is 0 Å². The van der Waals surface area contributed by atoms with Crippen LogP contribution in [-0.2, 0) is 16.6 Å². The molecule has 0 spiro atoms. The molecule has 6 heteroatoms. The molecule has 100 valence electrons. The fraction of sp³-hybridized carbons (Fsp3) is 0.154. The molecule has 1 aromatic carbocycles. The molecule has 5 nitrogen and oxygen atoms in total. The lowest BCUT2D eigenvalue weighted by atomic mass is 10.2. The Bertz CT molecular complexity index is 670. The maximum atomic E-state index is 12.1. The Kier molecular flexibility index (Phi) is 3.82. The zero-order valence-electron chi connectivity index (χ0n) is 10.5. The third-order valence-corrected chi connectivity index (χ3v) is 4.08. The SMILES string of the molecule is Cc1cc(S(=O)(=O)NCc2ccccc2)cnc1N. The quantitative estimate of drug-likeness (QED) is 0.885. The summed E-state index contributed by atoms with van der Waals surface area (Å²) in [5.41, 5.74) is 7.11. The second-order valence-corrected chi connectivity index (χ2v) is 5.95. The summed E-state index contributed by atoms with van der Waals surface area (Å²) in [5, 5.41) is 0. The first kappa shape index (κ1) is 13.5. The third-order valence-electron chi connectivity index (χ3n) is 2.71. The largest absolute Gasteiger partial charge is 0.383 e. The minimum Gasteiger partial charge on any atom is -0.383 e. The Hall–Kier alpha value is -1.92. The Balaban J connectivity index is 2.16. The molecule has 0 amide bonds. The van der Waals surface area contributed by atoms with Crippen LogP contribution in [0.25, 0.3) is 0 Å². The fourth-order valence-corrected chi connectivity index (χ4v) is 2.61. The van der Waals surface area contributed by atoms with Gasteiger partial charge in [-0.3, -0.25) is 0 Å². The van der Waals surface area contributed by atoms with Crippen molar-refractivity contribution in [3.8, 4) is 0 Å².